The molecule has 0 heterocycles. The van der Waals surface area contributed by atoms with Crippen molar-refractivity contribution in [2.45, 2.75) is 51.9 Å². The maximum Gasteiger partial charge on any atom is 0.113 e. The lowest BCUT2D eigenvalue weighted by atomic mass is 9.90. The molecule has 14 heavy (non-hydrogen) atoms. The molecule has 1 saturated carbocycles. The predicted molar refractivity (Wildman–Crippen MR) is 61.1 cm³/mol. The fourth-order valence-electron chi connectivity index (χ4n) is 2.19. The number of rotatable bonds is 2. The van der Waals surface area contributed by atoms with E-state index in [4.69, 9.17) is 5.84 Å². The first kappa shape index (κ1) is 11.5. The maximum absolute atomic E-state index is 5.50. The Hall–Kier alpha value is -0.570. The van der Waals surface area contributed by atoms with Crippen LogP contribution in [0.15, 0.2) is 4.99 Å². The smallest absolute Gasteiger partial charge is 0.113 e. The van der Waals surface area contributed by atoms with Crippen molar-refractivity contribution in [1.29, 1.82) is 0 Å². The molecule has 1 aliphatic rings. The Labute approximate surface area is 87.1 Å². The molecule has 1 fully saturated rings. The van der Waals surface area contributed by atoms with E-state index in [-0.39, 0.29) is 0 Å². The second-order valence-corrected chi connectivity index (χ2v) is 4.05. The highest BCUT2D eigenvalue weighted by atomic mass is 15.3. The molecule has 0 radical (unpaired) electrons. The third-order valence-corrected chi connectivity index (χ3v) is 2.97. The van der Waals surface area contributed by atoms with Crippen molar-refractivity contribution in [1.82, 2.24) is 5.43 Å². The summed E-state index contributed by atoms with van der Waals surface area (Å²) in [6.45, 7) is 2.89. The van der Waals surface area contributed by atoms with Gasteiger partial charge < -0.3 is 5.43 Å². The van der Waals surface area contributed by atoms with E-state index < -0.39 is 0 Å². The van der Waals surface area contributed by atoms with Gasteiger partial charge in [0.05, 0.1) is 0 Å². The third-order valence-electron chi connectivity index (χ3n) is 2.97. The summed E-state index contributed by atoms with van der Waals surface area (Å²) in [4.78, 5) is 4.42. The van der Waals surface area contributed by atoms with Crippen molar-refractivity contribution in [2.24, 2.45) is 16.8 Å². The van der Waals surface area contributed by atoms with E-state index in [1.165, 1.54) is 44.9 Å². The number of nitrogens with two attached hydrogens (primary N) is 1. The fraction of sp³-hybridized carbons (Fsp3) is 0.909. The van der Waals surface area contributed by atoms with Crippen LogP contribution < -0.4 is 11.3 Å². The Morgan fingerprint density at radius 2 is 1.79 bits per heavy atom. The van der Waals surface area contributed by atoms with Crippen LogP contribution in [-0.4, -0.2) is 12.4 Å². The number of aliphatic imine (C=N–C) groups is 1. The number of hydrogen-bond acceptors (Lipinski definition) is 2. The minimum absolute atomic E-state index is 0.584. The molecule has 3 heteroatoms. The zero-order chi connectivity index (χ0) is 10.2. The number of nitrogens with zero attached hydrogens (tertiary/aromatic N) is 1. The summed E-state index contributed by atoms with van der Waals surface area (Å²) in [5.74, 6) is 7.11. The normalized spacial score (nSPS) is 21.4. The molecular formula is C11H23N3. The molecule has 0 spiro atoms. The van der Waals surface area contributed by atoms with E-state index in [2.05, 4.69) is 17.3 Å². The Morgan fingerprint density at radius 1 is 1.21 bits per heavy atom. The van der Waals surface area contributed by atoms with Gasteiger partial charge in [0.15, 0.2) is 0 Å². The van der Waals surface area contributed by atoms with Crippen molar-refractivity contribution < 1.29 is 0 Å². The summed E-state index contributed by atoms with van der Waals surface area (Å²) in [6, 6.07) is 0. The van der Waals surface area contributed by atoms with Crippen LogP contribution in [0, 0.1) is 5.92 Å². The van der Waals surface area contributed by atoms with Crippen molar-refractivity contribution in [3.05, 3.63) is 0 Å². The number of hydrazine groups is 1. The molecule has 3 nitrogen and oxygen atoms in total. The monoisotopic (exact) mass is 197 g/mol. The largest absolute Gasteiger partial charge is 0.312 e. The minimum atomic E-state index is 0.584. The van der Waals surface area contributed by atoms with Gasteiger partial charge >= 0.3 is 0 Å². The van der Waals surface area contributed by atoms with Gasteiger partial charge in [-0.2, -0.15) is 0 Å². The van der Waals surface area contributed by atoms with Crippen LogP contribution in [0.1, 0.15) is 51.9 Å². The van der Waals surface area contributed by atoms with E-state index in [0.717, 1.165) is 12.4 Å². The van der Waals surface area contributed by atoms with Gasteiger partial charge in [0, 0.05) is 12.5 Å². The van der Waals surface area contributed by atoms with Crippen molar-refractivity contribution in [2.75, 3.05) is 6.54 Å². The van der Waals surface area contributed by atoms with Crippen LogP contribution in [-0.2, 0) is 0 Å². The van der Waals surface area contributed by atoms with Crippen LogP contribution in [0.5, 0.6) is 0 Å². The molecule has 0 aliphatic heterocycles. The van der Waals surface area contributed by atoms with Gasteiger partial charge in [-0.25, -0.2) is 5.84 Å². The van der Waals surface area contributed by atoms with Crippen molar-refractivity contribution in [3.63, 3.8) is 0 Å². The molecule has 0 bridgehead atoms. The van der Waals surface area contributed by atoms with Crippen LogP contribution >= 0.6 is 0 Å². The number of amidine groups is 1. The van der Waals surface area contributed by atoms with E-state index in [9.17, 15) is 0 Å². The second-order valence-electron chi connectivity index (χ2n) is 4.05. The Kier molecular flexibility index (Phi) is 5.60. The molecule has 0 saturated heterocycles. The van der Waals surface area contributed by atoms with Gasteiger partial charge in [-0.3, -0.25) is 4.99 Å². The molecule has 1 rings (SSSR count). The second kappa shape index (κ2) is 6.82. The molecular weight excluding hydrogens is 174 g/mol. The molecule has 0 unspecified atom stereocenters. The van der Waals surface area contributed by atoms with E-state index in [1.54, 1.807) is 0 Å². The van der Waals surface area contributed by atoms with Crippen LogP contribution in [0.3, 0.4) is 0 Å². The number of nitrogens with one attached hydrogen (secondary N) is 1. The molecule has 0 atom stereocenters. The van der Waals surface area contributed by atoms with Gasteiger partial charge in [0.25, 0.3) is 0 Å². The molecule has 0 aromatic rings. The minimum Gasteiger partial charge on any atom is -0.312 e. The van der Waals surface area contributed by atoms with Gasteiger partial charge in [-0.05, 0) is 19.8 Å². The highest BCUT2D eigenvalue weighted by molar-refractivity contribution is 5.84. The lowest BCUT2D eigenvalue weighted by Gasteiger charge is -2.21. The third kappa shape index (κ3) is 3.66. The fourth-order valence-corrected chi connectivity index (χ4v) is 2.19. The van der Waals surface area contributed by atoms with Crippen LogP contribution in [0.4, 0.5) is 0 Å². The van der Waals surface area contributed by atoms with Crippen LogP contribution in [0.2, 0.25) is 0 Å². The highest BCUT2D eigenvalue weighted by Gasteiger charge is 2.16. The van der Waals surface area contributed by atoms with Gasteiger partial charge in [0.1, 0.15) is 5.84 Å². The molecule has 0 aromatic heterocycles. The predicted octanol–water partition coefficient (Wildman–Crippen LogP) is 2.23. The Bertz CT molecular complexity index is 169. The van der Waals surface area contributed by atoms with E-state index >= 15 is 0 Å². The summed E-state index contributed by atoms with van der Waals surface area (Å²) < 4.78 is 0. The van der Waals surface area contributed by atoms with Gasteiger partial charge in [0.2, 0.25) is 0 Å². The Morgan fingerprint density at radius 3 is 2.29 bits per heavy atom. The SMILES string of the molecule is CCN=C(NN)C1CCCCCCC1. The lowest BCUT2D eigenvalue weighted by Crippen LogP contribution is -2.36. The Balaban J connectivity index is 2.48. The molecule has 82 valence electrons. The zero-order valence-corrected chi connectivity index (χ0v) is 9.26. The van der Waals surface area contributed by atoms with Crippen molar-refractivity contribution in [3.8, 4) is 0 Å². The van der Waals surface area contributed by atoms with E-state index in [1.807, 2.05) is 0 Å². The summed E-state index contributed by atoms with van der Waals surface area (Å²) >= 11 is 0. The molecule has 0 amide bonds. The highest BCUT2D eigenvalue weighted by Crippen LogP contribution is 2.22. The summed E-state index contributed by atoms with van der Waals surface area (Å²) in [7, 11) is 0. The topological polar surface area (TPSA) is 50.4 Å². The first-order valence-electron chi connectivity index (χ1n) is 5.89. The van der Waals surface area contributed by atoms with Gasteiger partial charge in [-0.1, -0.05) is 32.1 Å². The summed E-state index contributed by atoms with van der Waals surface area (Å²) in [5.41, 5.74) is 2.77. The van der Waals surface area contributed by atoms with Gasteiger partial charge in [-0.15, -0.1) is 0 Å². The average Bonchev–Trinajstić information content (AvgIpc) is 2.15. The first-order chi connectivity index (χ1) is 6.88. The van der Waals surface area contributed by atoms with E-state index in [0.29, 0.717) is 5.92 Å². The molecule has 0 aromatic carbocycles. The number of hydrogen-bond donors (Lipinski definition) is 2. The van der Waals surface area contributed by atoms with Crippen molar-refractivity contribution >= 4 is 5.84 Å². The summed E-state index contributed by atoms with van der Waals surface area (Å²) in [5, 5.41) is 0. The average molecular weight is 197 g/mol. The molecule has 1 aliphatic carbocycles. The molecule has 3 N–H and O–H groups in total. The quantitative estimate of drug-likeness (QED) is 0.309. The zero-order valence-electron chi connectivity index (χ0n) is 9.26. The van der Waals surface area contributed by atoms with Crippen LogP contribution in [0.25, 0.3) is 0 Å². The summed E-state index contributed by atoms with van der Waals surface area (Å²) in [6.07, 6.45) is 9.32. The maximum atomic E-state index is 5.50. The standard InChI is InChI=1S/C11H23N3/c1-2-13-11(14-12)10-8-6-4-3-5-7-9-10/h10H,2-9,12H2,1H3,(H,13,14). The lowest BCUT2D eigenvalue weighted by molar-refractivity contribution is 0.445. The first-order valence-corrected chi connectivity index (χ1v) is 5.89.